The molecule has 0 bridgehead atoms. The summed E-state index contributed by atoms with van der Waals surface area (Å²) in [6.07, 6.45) is 0. The normalized spacial score (nSPS) is 9.81. The molecule has 0 aliphatic rings. The quantitative estimate of drug-likeness (QED) is 0.605. The molecule has 0 atom stereocenters. The molecule has 0 spiro atoms. The molecule has 0 unspecified atom stereocenters. The monoisotopic (exact) mass is 239 g/mol. The summed E-state index contributed by atoms with van der Waals surface area (Å²) in [6.45, 7) is 2.05. The predicted molar refractivity (Wildman–Crippen MR) is 62.8 cm³/mol. The molecule has 0 fully saturated rings. The van der Waals surface area contributed by atoms with Gasteiger partial charge in [0.2, 0.25) is 5.91 Å². The third kappa shape index (κ3) is 4.35. The van der Waals surface area contributed by atoms with E-state index in [1.54, 1.807) is 18.2 Å². The van der Waals surface area contributed by atoms with Gasteiger partial charge in [-0.15, -0.1) is 11.8 Å². The Morgan fingerprint density at radius 3 is 2.81 bits per heavy atom. The Morgan fingerprint density at radius 2 is 2.19 bits per heavy atom. The van der Waals surface area contributed by atoms with Crippen LogP contribution in [0.3, 0.4) is 0 Å². The van der Waals surface area contributed by atoms with Crippen molar-refractivity contribution in [2.24, 2.45) is 0 Å². The maximum Gasteiger partial charge on any atom is 0.335 e. The Labute approximate surface area is 98.0 Å². The zero-order valence-electron chi connectivity index (χ0n) is 8.90. The maximum absolute atomic E-state index is 10.7. The molecule has 86 valence electrons. The minimum absolute atomic E-state index is 0.0557. The maximum atomic E-state index is 10.7. The third-order valence-electron chi connectivity index (χ3n) is 1.83. The smallest absolute Gasteiger partial charge is 0.335 e. The Morgan fingerprint density at radius 1 is 1.44 bits per heavy atom. The highest BCUT2D eigenvalue weighted by Crippen LogP contribution is 2.18. The van der Waals surface area contributed by atoms with Gasteiger partial charge in [0.25, 0.3) is 0 Å². The van der Waals surface area contributed by atoms with Gasteiger partial charge in [-0.25, -0.2) is 4.79 Å². The van der Waals surface area contributed by atoms with E-state index in [2.05, 4.69) is 5.32 Å². The Balaban J connectivity index is 2.45. The minimum atomic E-state index is -0.927. The van der Waals surface area contributed by atoms with Gasteiger partial charge in [0.1, 0.15) is 0 Å². The summed E-state index contributed by atoms with van der Waals surface area (Å²) in [5, 5.41) is 11.5. The minimum Gasteiger partial charge on any atom is -0.478 e. The number of nitrogens with one attached hydrogen (secondary N) is 1. The van der Waals surface area contributed by atoms with Crippen molar-refractivity contribution in [1.29, 1.82) is 0 Å². The summed E-state index contributed by atoms with van der Waals surface area (Å²) in [5.74, 6) is -0.257. The number of carboxylic acids is 1. The number of carboxylic acid groups (broad SMARTS) is 1. The van der Waals surface area contributed by atoms with Crippen LogP contribution in [0.1, 0.15) is 17.3 Å². The van der Waals surface area contributed by atoms with Crippen LogP contribution >= 0.6 is 11.8 Å². The molecule has 0 heterocycles. The van der Waals surface area contributed by atoms with Crippen LogP contribution in [0.5, 0.6) is 0 Å². The molecule has 4 nitrogen and oxygen atoms in total. The van der Waals surface area contributed by atoms with E-state index in [-0.39, 0.29) is 11.5 Å². The fraction of sp³-hybridized carbons (Fsp3) is 0.273. The van der Waals surface area contributed by atoms with E-state index in [4.69, 9.17) is 5.11 Å². The largest absolute Gasteiger partial charge is 0.478 e. The number of carbonyl (C=O) groups excluding carboxylic acids is 1. The lowest BCUT2D eigenvalue weighted by atomic mass is 10.2. The van der Waals surface area contributed by atoms with Crippen LogP contribution in [0.4, 0.5) is 0 Å². The molecule has 0 saturated heterocycles. The Kier molecular flexibility index (Phi) is 4.85. The Bertz CT molecular complexity index is 393. The van der Waals surface area contributed by atoms with Crippen LogP contribution < -0.4 is 5.32 Å². The summed E-state index contributed by atoms with van der Waals surface area (Å²) in [6, 6.07) is 6.75. The van der Waals surface area contributed by atoms with Crippen molar-refractivity contribution in [3.05, 3.63) is 29.8 Å². The summed E-state index contributed by atoms with van der Waals surface area (Å²) >= 11 is 1.52. The van der Waals surface area contributed by atoms with E-state index in [1.165, 1.54) is 18.7 Å². The second-order valence-electron chi connectivity index (χ2n) is 3.16. The van der Waals surface area contributed by atoms with E-state index in [1.807, 2.05) is 6.07 Å². The van der Waals surface area contributed by atoms with Gasteiger partial charge in [0.15, 0.2) is 0 Å². The van der Waals surface area contributed by atoms with Gasteiger partial charge in [-0.3, -0.25) is 4.79 Å². The van der Waals surface area contributed by atoms with Crippen molar-refractivity contribution in [3.8, 4) is 0 Å². The molecule has 0 radical (unpaired) electrons. The zero-order valence-corrected chi connectivity index (χ0v) is 9.71. The molecule has 1 aromatic carbocycles. The number of benzene rings is 1. The van der Waals surface area contributed by atoms with Gasteiger partial charge >= 0.3 is 5.97 Å². The standard InChI is InChI=1S/C11H13NO3S/c1-8(13)12-5-6-16-10-4-2-3-9(7-10)11(14)15/h2-4,7H,5-6H2,1H3,(H,12,13)(H,14,15). The molecule has 1 rings (SSSR count). The summed E-state index contributed by atoms with van der Waals surface area (Å²) in [5.41, 5.74) is 0.282. The summed E-state index contributed by atoms with van der Waals surface area (Å²) in [7, 11) is 0. The molecule has 0 aromatic heterocycles. The van der Waals surface area contributed by atoms with Crippen LogP contribution in [0.15, 0.2) is 29.2 Å². The van der Waals surface area contributed by atoms with E-state index >= 15 is 0 Å². The molecular formula is C11H13NO3S. The zero-order chi connectivity index (χ0) is 12.0. The molecule has 0 aliphatic carbocycles. The third-order valence-corrected chi connectivity index (χ3v) is 2.82. The van der Waals surface area contributed by atoms with Crippen molar-refractivity contribution in [3.63, 3.8) is 0 Å². The lowest BCUT2D eigenvalue weighted by molar-refractivity contribution is -0.118. The van der Waals surface area contributed by atoms with Crippen LogP contribution in [-0.2, 0) is 4.79 Å². The SMILES string of the molecule is CC(=O)NCCSc1cccc(C(=O)O)c1. The molecule has 1 aromatic rings. The summed E-state index contributed by atoms with van der Waals surface area (Å²) < 4.78 is 0. The van der Waals surface area contributed by atoms with Crippen LogP contribution in [0.25, 0.3) is 0 Å². The molecular weight excluding hydrogens is 226 g/mol. The first kappa shape index (κ1) is 12.6. The van der Waals surface area contributed by atoms with Gasteiger partial charge < -0.3 is 10.4 Å². The van der Waals surface area contributed by atoms with Gasteiger partial charge in [-0.2, -0.15) is 0 Å². The Hall–Kier alpha value is -1.49. The van der Waals surface area contributed by atoms with Crippen molar-refractivity contribution < 1.29 is 14.7 Å². The van der Waals surface area contributed by atoms with Gasteiger partial charge in [-0.1, -0.05) is 6.07 Å². The number of rotatable bonds is 5. The lowest BCUT2D eigenvalue weighted by Crippen LogP contribution is -2.22. The van der Waals surface area contributed by atoms with Crippen LogP contribution in [0, 0.1) is 0 Å². The highest BCUT2D eigenvalue weighted by molar-refractivity contribution is 7.99. The molecule has 1 amide bonds. The second-order valence-corrected chi connectivity index (χ2v) is 4.33. The lowest BCUT2D eigenvalue weighted by Gasteiger charge is -2.03. The van der Waals surface area contributed by atoms with Crippen molar-refractivity contribution in [2.45, 2.75) is 11.8 Å². The van der Waals surface area contributed by atoms with Crippen molar-refractivity contribution in [1.82, 2.24) is 5.32 Å². The first-order valence-corrected chi connectivity index (χ1v) is 5.79. The van der Waals surface area contributed by atoms with E-state index in [0.717, 1.165) is 10.6 Å². The molecule has 0 saturated carbocycles. The number of thioether (sulfide) groups is 1. The van der Waals surface area contributed by atoms with Gasteiger partial charge in [-0.05, 0) is 18.2 Å². The highest BCUT2D eigenvalue weighted by atomic mass is 32.2. The molecule has 5 heteroatoms. The van der Waals surface area contributed by atoms with E-state index in [0.29, 0.717) is 6.54 Å². The number of hydrogen-bond acceptors (Lipinski definition) is 3. The molecule has 2 N–H and O–H groups in total. The summed E-state index contributed by atoms with van der Waals surface area (Å²) in [4.78, 5) is 22.2. The average molecular weight is 239 g/mol. The molecule has 0 aliphatic heterocycles. The van der Waals surface area contributed by atoms with Gasteiger partial charge in [0, 0.05) is 24.1 Å². The first-order valence-electron chi connectivity index (χ1n) is 4.80. The average Bonchev–Trinajstić information content (AvgIpc) is 2.24. The van der Waals surface area contributed by atoms with Crippen molar-refractivity contribution in [2.75, 3.05) is 12.3 Å². The van der Waals surface area contributed by atoms with E-state index in [9.17, 15) is 9.59 Å². The van der Waals surface area contributed by atoms with Crippen LogP contribution in [-0.4, -0.2) is 29.3 Å². The first-order chi connectivity index (χ1) is 7.59. The molecule has 16 heavy (non-hydrogen) atoms. The number of carbonyl (C=O) groups is 2. The van der Waals surface area contributed by atoms with Crippen molar-refractivity contribution >= 4 is 23.6 Å². The highest BCUT2D eigenvalue weighted by Gasteiger charge is 2.03. The van der Waals surface area contributed by atoms with Crippen LogP contribution in [0.2, 0.25) is 0 Å². The number of hydrogen-bond donors (Lipinski definition) is 2. The topological polar surface area (TPSA) is 66.4 Å². The van der Waals surface area contributed by atoms with E-state index < -0.39 is 5.97 Å². The predicted octanol–water partition coefficient (Wildman–Crippen LogP) is 1.61. The number of amides is 1. The number of aromatic carboxylic acids is 1. The fourth-order valence-electron chi connectivity index (χ4n) is 1.11. The van der Waals surface area contributed by atoms with Gasteiger partial charge in [0.05, 0.1) is 5.56 Å². The fourth-order valence-corrected chi connectivity index (χ4v) is 1.94. The second kappa shape index (κ2) is 6.17.